The molecule has 0 saturated heterocycles. The standard InChI is InChI=1S/C14H21N3O2.ClH/c1-3-14(16,4-2)9-17-13(19)11-7-5-10(6-8-11)12(15)18;/h5-8H,3-4,9,16H2,1-2H3,(H2,15,18)(H,17,19);1H. The highest BCUT2D eigenvalue weighted by molar-refractivity contribution is 5.97. The van der Waals surface area contributed by atoms with Crippen LogP contribution in [-0.4, -0.2) is 23.9 Å². The quantitative estimate of drug-likeness (QED) is 0.741. The molecule has 1 aromatic rings. The van der Waals surface area contributed by atoms with Gasteiger partial charge < -0.3 is 16.8 Å². The minimum Gasteiger partial charge on any atom is -0.366 e. The van der Waals surface area contributed by atoms with Crippen LogP contribution in [0.1, 0.15) is 47.4 Å². The van der Waals surface area contributed by atoms with Crippen LogP contribution < -0.4 is 16.8 Å². The van der Waals surface area contributed by atoms with Crippen molar-refractivity contribution < 1.29 is 9.59 Å². The number of primary amides is 1. The first-order chi connectivity index (χ1) is 8.91. The van der Waals surface area contributed by atoms with Crippen LogP contribution in [0.2, 0.25) is 0 Å². The fourth-order valence-corrected chi connectivity index (χ4v) is 1.64. The van der Waals surface area contributed by atoms with Gasteiger partial charge in [-0.3, -0.25) is 9.59 Å². The number of hydrogen-bond donors (Lipinski definition) is 3. The van der Waals surface area contributed by atoms with Gasteiger partial charge in [0.2, 0.25) is 5.91 Å². The third-order valence-corrected chi connectivity index (χ3v) is 3.44. The lowest BCUT2D eigenvalue weighted by Crippen LogP contribution is -2.49. The van der Waals surface area contributed by atoms with E-state index in [2.05, 4.69) is 5.32 Å². The molecule has 6 heteroatoms. The summed E-state index contributed by atoms with van der Waals surface area (Å²) in [5.41, 5.74) is 11.7. The van der Waals surface area contributed by atoms with E-state index in [1.165, 1.54) is 12.1 Å². The minimum absolute atomic E-state index is 0. The molecule has 0 aliphatic heterocycles. The largest absolute Gasteiger partial charge is 0.366 e. The van der Waals surface area contributed by atoms with E-state index >= 15 is 0 Å². The molecule has 0 heterocycles. The van der Waals surface area contributed by atoms with Crippen LogP contribution >= 0.6 is 12.4 Å². The number of carbonyl (C=O) groups excluding carboxylic acids is 2. The number of hydrogen-bond acceptors (Lipinski definition) is 3. The van der Waals surface area contributed by atoms with Gasteiger partial charge in [-0.15, -0.1) is 12.4 Å². The van der Waals surface area contributed by atoms with Crippen molar-refractivity contribution >= 4 is 24.2 Å². The molecule has 2 amide bonds. The molecule has 0 aliphatic rings. The van der Waals surface area contributed by atoms with E-state index in [1.807, 2.05) is 13.8 Å². The van der Waals surface area contributed by atoms with E-state index in [9.17, 15) is 9.59 Å². The molecular weight excluding hydrogens is 278 g/mol. The fraction of sp³-hybridized carbons (Fsp3) is 0.429. The Kier molecular flexibility index (Phi) is 7.24. The molecule has 0 atom stereocenters. The second-order valence-corrected chi connectivity index (χ2v) is 4.69. The molecule has 1 rings (SSSR count). The highest BCUT2D eigenvalue weighted by Crippen LogP contribution is 2.10. The Balaban J connectivity index is 0.00000361. The molecule has 0 bridgehead atoms. The summed E-state index contributed by atoms with van der Waals surface area (Å²) in [6.07, 6.45) is 1.59. The lowest BCUT2D eigenvalue weighted by atomic mass is 9.94. The minimum atomic E-state index is -0.509. The number of nitrogens with two attached hydrogens (primary N) is 2. The van der Waals surface area contributed by atoms with Crippen LogP contribution in [0.25, 0.3) is 0 Å². The summed E-state index contributed by atoms with van der Waals surface area (Å²) >= 11 is 0. The normalized spacial score (nSPS) is 10.6. The van der Waals surface area contributed by atoms with Gasteiger partial charge in [0.25, 0.3) is 5.91 Å². The predicted octanol–water partition coefficient (Wildman–Crippen LogP) is 1.45. The Morgan fingerprint density at radius 1 is 1.10 bits per heavy atom. The fourth-order valence-electron chi connectivity index (χ4n) is 1.64. The topological polar surface area (TPSA) is 98.2 Å². The molecule has 0 unspecified atom stereocenters. The van der Waals surface area contributed by atoms with Crippen LogP contribution in [0.3, 0.4) is 0 Å². The Morgan fingerprint density at radius 3 is 1.95 bits per heavy atom. The second-order valence-electron chi connectivity index (χ2n) is 4.69. The maximum atomic E-state index is 11.9. The van der Waals surface area contributed by atoms with Crippen LogP contribution in [0, 0.1) is 0 Å². The maximum absolute atomic E-state index is 11.9. The van der Waals surface area contributed by atoms with Gasteiger partial charge in [0.05, 0.1) is 0 Å². The van der Waals surface area contributed by atoms with Crippen molar-refractivity contribution in [2.75, 3.05) is 6.54 Å². The van der Waals surface area contributed by atoms with E-state index < -0.39 is 5.91 Å². The first kappa shape index (κ1) is 18.4. The summed E-state index contributed by atoms with van der Waals surface area (Å²) in [5, 5.41) is 2.81. The number of amides is 2. The average Bonchev–Trinajstić information content (AvgIpc) is 2.44. The van der Waals surface area contributed by atoms with Gasteiger partial charge in [-0.05, 0) is 37.1 Å². The Bertz CT molecular complexity index is 456. The van der Waals surface area contributed by atoms with E-state index in [0.29, 0.717) is 17.7 Å². The summed E-state index contributed by atoms with van der Waals surface area (Å²) < 4.78 is 0. The first-order valence-electron chi connectivity index (χ1n) is 6.39. The molecule has 1 aromatic carbocycles. The molecule has 5 nitrogen and oxygen atoms in total. The number of nitrogens with one attached hydrogen (secondary N) is 1. The number of benzene rings is 1. The molecule has 0 aliphatic carbocycles. The smallest absolute Gasteiger partial charge is 0.251 e. The number of halogens is 1. The zero-order valence-corrected chi connectivity index (χ0v) is 12.6. The molecular formula is C14H22ClN3O2. The zero-order chi connectivity index (χ0) is 14.5. The van der Waals surface area contributed by atoms with Crippen molar-refractivity contribution in [3.8, 4) is 0 Å². The van der Waals surface area contributed by atoms with Crippen LogP contribution in [0.15, 0.2) is 24.3 Å². The SMILES string of the molecule is CCC(N)(CC)CNC(=O)c1ccc(C(N)=O)cc1.Cl. The lowest BCUT2D eigenvalue weighted by Gasteiger charge is -2.26. The monoisotopic (exact) mass is 299 g/mol. The molecule has 0 aromatic heterocycles. The van der Waals surface area contributed by atoms with E-state index in [4.69, 9.17) is 11.5 Å². The van der Waals surface area contributed by atoms with Crippen molar-refractivity contribution in [2.24, 2.45) is 11.5 Å². The molecule has 0 radical (unpaired) electrons. The van der Waals surface area contributed by atoms with Crippen LogP contribution in [0.5, 0.6) is 0 Å². The zero-order valence-electron chi connectivity index (χ0n) is 11.8. The van der Waals surface area contributed by atoms with Gasteiger partial charge in [-0.2, -0.15) is 0 Å². The maximum Gasteiger partial charge on any atom is 0.251 e. The van der Waals surface area contributed by atoms with Crippen molar-refractivity contribution in [3.63, 3.8) is 0 Å². The predicted molar refractivity (Wildman–Crippen MR) is 82.0 cm³/mol. The summed E-state index contributed by atoms with van der Waals surface area (Å²) in [7, 11) is 0. The van der Waals surface area contributed by atoms with Gasteiger partial charge in [-0.1, -0.05) is 13.8 Å². The van der Waals surface area contributed by atoms with Crippen molar-refractivity contribution in [3.05, 3.63) is 35.4 Å². The Hall–Kier alpha value is -1.59. The van der Waals surface area contributed by atoms with Crippen molar-refractivity contribution in [1.82, 2.24) is 5.32 Å². The van der Waals surface area contributed by atoms with E-state index in [0.717, 1.165) is 12.8 Å². The highest BCUT2D eigenvalue weighted by atomic mass is 35.5. The third-order valence-electron chi connectivity index (χ3n) is 3.44. The average molecular weight is 300 g/mol. The third kappa shape index (κ3) is 4.83. The van der Waals surface area contributed by atoms with E-state index in [1.54, 1.807) is 12.1 Å². The molecule has 0 spiro atoms. The molecule has 5 N–H and O–H groups in total. The molecule has 0 saturated carbocycles. The lowest BCUT2D eigenvalue weighted by molar-refractivity contribution is 0.0940. The summed E-state index contributed by atoms with van der Waals surface area (Å²) in [6, 6.07) is 6.22. The summed E-state index contributed by atoms with van der Waals surface area (Å²) in [4.78, 5) is 22.8. The van der Waals surface area contributed by atoms with Gasteiger partial charge in [0.15, 0.2) is 0 Å². The van der Waals surface area contributed by atoms with Gasteiger partial charge in [-0.25, -0.2) is 0 Å². The number of carbonyl (C=O) groups is 2. The Labute approximate surface area is 125 Å². The molecule has 20 heavy (non-hydrogen) atoms. The number of rotatable bonds is 6. The van der Waals surface area contributed by atoms with Crippen LogP contribution in [-0.2, 0) is 0 Å². The van der Waals surface area contributed by atoms with Crippen LogP contribution in [0.4, 0.5) is 0 Å². The second kappa shape index (κ2) is 7.87. The Morgan fingerprint density at radius 2 is 1.55 bits per heavy atom. The summed E-state index contributed by atoms with van der Waals surface area (Å²) in [5.74, 6) is -0.711. The first-order valence-corrected chi connectivity index (χ1v) is 6.39. The van der Waals surface area contributed by atoms with Gasteiger partial charge in [0.1, 0.15) is 0 Å². The highest BCUT2D eigenvalue weighted by Gasteiger charge is 2.21. The molecule has 0 fully saturated rings. The van der Waals surface area contributed by atoms with Gasteiger partial charge in [0, 0.05) is 23.2 Å². The van der Waals surface area contributed by atoms with E-state index in [-0.39, 0.29) is 23.9 Å². The van der Waals surface area contributed by atoms with Crippen molar-refractivity contribution in [1.29, 1.82) is 0 Å². The van der Waals surface area contributed by atoms with Crippen molar-refractivity contribution in [2.45, 2.75) is 32.2 Å². The summed E-state index contributed by atoms with van der Waals surface area (Å²) in [6.45, 7) is 4.42. The molecule has 112 valence electrons. The van der Waals surface area contributed by atoms with Gasteiger partial charge >= 0.3 is 0 Å².